The van der Waals surface area contributed by atoms with Crippen LogP contribution in [0.4, 0.5) is 4.79 Å². The average Bonchev–Trinajstić information content (AvgIpc) is 2.21. The van der Waals surface area contributed by atoms with Crippen LogP contribution in [0, 0.1) is 11.5 Å². The van der Waals surface area contributed by atoms with Crippen LogP contribution < -0.4 is 5.32 Å². The number of nitrogens with zero attached hydrogens (tertiary/aromatic N) is 3. The van der Waals surface area contributed by atoms with Gasteiger partial charge >= 0.3 is 6.09 Å². The molecule has 1 aliphatic rings. The van der Waals surface area contributed by atoms with E-state index >= 15 is 0 Å². The van der Waals surface area contributed by atoms with Crippen LogP contribution in [-0.2, 0) is 10.1 Å². The first-order valence-electron chi connectivity index (χ1n) is 5.38. The topological polar surface area (TPSA) is 109 Å². The quantitative estimate of drug-likeness (QED) is 0.422. The highest BCUT2D eigenvalue weighted by atomic mass is 32.3. The van der Waals surface area contributed by atoms with E-state index in [0.717, 1.165) is 0 Å². The van der Waals surface area contributed by atoms with Crippen molar-refractivity contribution in [1.29, 1.82) is 5.26 Å². The fourth-order valence-electron chi connectivity index (χ4n) is 1.84. The van der Waals surface area contributed by atoms with Gasteiger partial charge in [0.05, 0.1) is 0 Å². The van der Waals surface area contributed by atoms with E-state index in [1.165, 1.54) is 0 Å². The molecule has 0 aromatic rings. The number of amides is 1. The number of hydrogen-bond donors (Lipinski definition) is 4. The molecule has 1 aliphatic heterocycles. The molecule has 8 heteroatoms. The molecule has 17 heavy (non-hydrogen) atoms. The van der Waals surface area contributed by atoms with Gasteiger partial charge in [0, 0.05) is 37.2 Å². The summed E-state index contributed by atoms with van der Waals surface area (Å²) in [7, 11) is -2.39. The summed E-state index contributed by atoms with van der Waals surface area (Å²) in [5.41, 5.74) is 0. The van der Waals surface area contributed by atoms with Gasteiger partial charge in [0.2, 0.25) is 6.19 Å². The van der Waals surface area contributed by atoms with Gasteiger partial charge in [-0.25, -0.2) is 4.79 Å². The van der Waals surface area contributed by atoms with E-state index in [9.17, 15) is 9.35 Å². The van der Waals surface area contributed by atoms with Crippen LogP contribution in [0.15, 0.2) is 4.36 Å². The van der Waals surface area contributed by atoms with Crippen LogP contribution >= 0.6 is 0 Å². The molecular formula is C9H18N4O3S. The van der Waals surface area contributed by atoms with Gasteiger partial charge in [-0.2, -0.15) is 5.26 Å². The molecule has 1 atom stereocenters. The summed E-state index contributed by atoms with van der Waals surface area (Å²) in [5.74, 6) is 1.03. The van der Waals surface area contributed by atoms with Gasteiger partial charge in [-0.05, 0) is 6.92 Å². The van der Waals surface area contributed by atoms with Crippen molar-refractivity contribution in [2.45, 2.75) is 13.0 Å². The number of nitrogens with one attached hydrogen (secondary N) is 1. The zero-order valence-corrected chi connectivity index (χ0v) is 10.6. The first kappa shape index (κ1) is 13.9. The Morgan fingerprint density at radius 3 is 2.71 bits per heavy atom. The normalized spacial score (nSPS) is 23.1. The standard InChI is InChI=1S/C9H18N4O3S/c1-8(12-9(14)15)6-13-2-4-17(16,5-3-13)11-7-10/h8,12,17H,2-6H2,1H3,(H,11,16)(H,14,15)/t8-/m0/s1. The van der Waals surface area contributed by atoms with Gasteiger partial charge in [0.15, 0.2) is 0 Å². The Hall–Kier alpha value is -1.17. The minimum atomic E-state index is -2.39. The molecule has 0 aromatic carbocycles. The summed E-state index contributed by atoms with van der Waals surface area (Å²) in [5, 5.41) is 19.4. The second-order valence-corrected chi connectivity index (χ2v) is 7.03. The first-order valence-corrected chi connectivity index (χ1v) is 7.45. The van der Waals surface area contributed by atoms with Crippen LogP contribution in [0.2, 0.25) is 0 Å². The summed E-state index contributed by atoms with van der Waals surface area (Å²) in [6.45, 7) is 3.71. The lowest BCUT2D eigenvalue weighted by molar-refractivity contribution is 0.184. The Labute approximate surface area is 101 Å². The first-order chi connectivity index (χ1) is 7.95. The van der Waals surface area contributed by atoms with Crippen molar-refractivity contribution >= 4 is 16.2 Å². The number of carboxylic acid groups (broad SMARTS) is 1. The van der Waals surface area contributed by atoms with Gasteiger partial charge in [-0.3, -0.25) is 4.90 Å². The number of nitriles is 1. The lowest BCUT2D eigenvalue weighted by Crippen LogP contribution is -2.48. The van der Waals surface area contributed by atoms with Gasteiger partial charge < -0.3 is 15.0 Å². The van der Waals surface area contributed by atoms with Gasteiger partial charge in [-0.1, -0.05) is 10.1 Å². The molecule has 0 aliphatic carbocycles. The van der Waals surface area contributed by atoms with E-state index in [-0.39, 0.29) is 6.04 Å². The molecule has 3 N–H and O–H groups in total. The fourth-order valence-corrected chi connectivity index (χ4v) is 3.63. The van der Waals surface area contributed by atoms with Gasteiger partial charge in [-0.15, -0.1) is 4.36 Å². The number of hydrogen-bond acceptors (Lipinski definition) is 4. The number of carbonyl (C=O) groups is 1. The maximum Gasteiger partial charge on any atom is 0.404 e. The largest absolute Gasteiger partial charge is 0.465 e. The molecule has 0 spiro atoms. The second-order valence-electron chi connectivity index (χ2n) is 4.18. The lowest BCUT2D eigenvalue weighted by atomic mass is 10.3. The van der Waals surface area contributed by atoms with Crippen LogP contribution in [0.5, 0.6) is 0 Å². The molecule has 98 valence electrons. The van der Waals surface area contributed by atoms with Crippen molar-refractivity contribution in [3.05, 3.63) is 0 Å². The third-order valence-electron chi connectivity index (χ3n) is 2.68. The van der Waals surface area contributed by atoms with E-state index in [4.69, 9.17) is 10.4 Å². The predicted octanol–water partition coefficient (Wildman–Crippen LogP) is -0.0179. The molecule has 0 bridgehead atoms. The Morgan fingerprint density at radius 1 is 1.65 bits per heavy atom. The van der Waals surface area contributed by atoms with Gasteiger partial charge in [0.25, 0.3) is 0 Å². The molecule has 0 radical (unpaired) electrons. The predicted molar refractivity (Wildman–Crippen MR) is 66.2 cm³/mol. The molecular weight excluding hydrogens is 244 g/mol. The maximum absolute atomic E-state index is 10.4. The van der Waals surface area contributed by atoms with E-state index in [0.29, 0.717) is 31.1 Å². The smallest absolute Gasteiger partial charge is 0.404 e. The maximum atomic E-state index is 10.4. The van der Waals surface area contributed by atoms with Crippen LogP contribution in [-0.4, -0.2) is 57.8 Å². The number of thiol groups is 1. The minimum Gasteiger partial charge on any atom is -0.465 e. The van der Waals surface area contributed by atoms with Crippen LogP contribution in [0.1, 0.15) is 6.92 Å². The highest BCUT2D eigenvalue weighted by Crippen LogP contribution is 2.12. The summed E-state index contributed by atoms with van der Waals surface area (Å²) in [6, 6.07) is -0.148. The van der Waals surface area contributed by atoms with Crippen molar-refractivity contribution in [3.63, 3.8) is 0 Å². The molecule has 1 amide bonds. The minimum absolute atomic E-state index is 0.148. The molecule has 1 rings (SSSR count). The van der Waals surface area contributed by atoms with Gasteiger partial charge in [0.1, 0.15) is 0 Å². The second kappa shape index (κ2) is 5.95. The van der Waals surface area contributed by atoms with E-state index < -0.39 is 16.2 Å². The molecule has 1 fully saturated rings. The average molecular weight is 262 g/mol. The van der Waals surface area contributed by atoms with Crippen molar-refractivity contribution < 1.29 is 14.5 Å². The molecule has 0 unspecified atom stereocenters. The van der Waals surface area contributed by atoms with Crippen LogP contribution in [0.3, 0.4) is 0 Å². The Kier molecular flexibility index (Phi) is 4.86. The Morgan fingerprint density at radius 2 is 2.24 bits per heavy atom. The Bertz CT molecular complexity index is 367. The van der Waals surface area contributed by atoms with E-state index in [2.05, 4.69) is 14.6 Å². The van der Waals surface area contributed by atoms with E-state index in [1.54, 1.807) is 13.1 Å². The third kappa shape index (κ3) is 4.68. The monoisotopic (exact) mass is 262 g/mol. The van der Waals surface area contributed by atoms with Crippen molar-refractivity contribution in [3.8, 4) is 6.19 Å². The van der Waals surface area contributed by atoms with E-state index in [1.807, 2.05) is 0 Å². The third-order valence-corrected chi connectivity index (χ3v) is 4.98. The van der Waals surface area contributed by atoms with Crippen molar-refractivity contribution in [2.24, 2.45) is 4.36 Å². The SMILES string of the molecule is C[C@@H](CN1CC[SH](O)(=NC#N)CC1)NC(=O)O. The molecule has 7 nitrogen and oxygen atoms in total. The summed E-state index contributed by atoms with van der Waals surface area (Å²) >= 11 is 0. The molecule has 1 saturated heterocycles. The summed E-state index contributed by atoms with van der Waals surface area (Å²) in [4.78, 5) is 12.5. The summed E-state index contributed by atoms with van der Waals surface area (Å²) in [6.07, 6.45) is 0.646. The highest BCUT2D eigenvalue weighted by Gasteiger charge is 2.21. The fraction of sp³-hybridized carbons (Fsp3) is 0.778. The summed E-state index contributed by atoms with van der Waals surface area (Å²) < 4.78 is 13.6. The molecule has 1 heterocycles. The lowest BCUT2D eigenvalue weighted by Gasteiger charge is -2.35. The van der Waals surface area contributed by atoms with Crippen molar-refractivity contribution in [1.82, 2.24) is 10.2 Å². The zero-order valence-electron chi connectivity index (χ0n) is 9.70. The van der Waals surface area contributed by atoms with Crippen molar-refractivity contribution in [2.75, 3.05) is 31.1 Å². The molecule has 0 aromatic heterocycles. The molecule has 0 saturated carbocycles. The highest BCUT2D eigenvalue weighted by molar-refractivity contribution is 8.00. The zero-order chi connectivity index (χ0) is 12.9. The Balaban J connectivity index is 2.40. The number of rotatable bonds is 3. The van der Waals surface area contributed by atoms with Crippen LogP contribution in [0.25, 0.3) is 0 Å².